The lowest BCUT2D eigenvalue weighted by molar-refractivity contribution is 0.464. The number of hydrogen-bond donors (Lipinski definition) is 1. The second kappa shape index (κ2) is 8.51. The first-order chi connectivity index (χ1) is 9.58. The number of unbranched alkanes of at least 4 members (excludes halogenated alkanes) is 1. The van der Waals surface area contributed by atoms with Gasteiger partial charge in [0.1, 0.15) is 11.6 Å². The van der Waals surface area contributed by atoms with E-state index in [-0.39, 0.29) is 12.1 Å². The summed E-state index contributed by atoms with van der Waals surface area (Å²) in [5.41, 5.74) is 0.268. The van der Waals surface area contributed by atoms with Crippen LogP contribution < -0.4 is 5.32 Å². The Kier molecular flexibility index (Phi) is 6.98. The fraction of sp³-hybridized carbons (Fsp3) is 0.533. The highest BCUT2D eigenvalue weighted by molar-refractivity contribution is 5.79. The summed E-state index contributed by atoms with van der Waals surface area (Å²) in [7, 11) is 1.94. The van der Waals surface area contributed by atoms with Crippen LogP contribution in [0.5, 0.6) is 0 Å². The smallest absolute Gasteiger partial charge is 0.193 e. The van der Waals surface area contributed by atoms with E-state index in [1.807, 2.05) is 18.9 Å². The number of nitrogens with zero attached hydrogens (tertiary/aromatic N) is 2. The summed E-state index contributed by atoms with van der Waals surface area (Å²) >= 11 is 0. The summed E-state index contributed by atoms with van der Waals surface area (Å²) in [6, 6.07) is 3.43. The molecule has 0 unspecified atom stereocenters. The third-order valence-electron chi connectivity index (χ3n) is 2.95. The molecule has 1 N–H and O–H groups in total. The highest BCUT2D eigenvalue weighted by Gasteiger charge is 2.07. The first kappa shape index (κ1) is 16.4. The minimum Gasteiger partial charge on any atom is -0.357 e. The van der Waals surface area contributed by atoms with E-state index in [0.29, 0.717) is 5.96 Å². The van der Waals surface area contributed by atoms with Gasteiger partial charge < -0.3 is 10.2 Å². The second-order valence-electron chi connectivity index (χ2n) is 4.68. The normalized spacial score (nSPS) is 11.6. The highest BCUT2D eigenvalue weighted by atomic mass is 19.1. The van der Waals surface area contributed by atoms with Crippen molar-refractivity contribution in [3.8, 4) is 0 Å². The monoisotopic (exact) mass is 283 g/mol. The van der Waals surface area contributed by atoms with Crippen LogP contribution in [0.25, 0.3) is 0 Å². The van der Waals surface area contributed by atoms with Gasteiger partial charge in [-0.05, 0) is 31.5 Å². The highest BCUT2D eigenvalue weighted by Crippen LogP contribution is 2.11. The molecule has 0 aromatic heterocycles. The average Bonchev–Trinajstić information content (AvgIpc) is 2.44. The zero-order valence-corrected chi connectivity index (χ0v) is 12.4. The van der Waals surface area contributed by atoms with Crippen LogP contribution in [0.3, 0.4) is 0 Å². The Morgan fingerprint density at radius 3 is 2.70 bits per heavy atom. The number of halogens is 2. The Labute approximate surface area is 119 Å². The van der Waals surface area contributed by atoms with E-state index in [9.17, 15) is 8.78 Å². The molecule has 5 heteroatoms. The van der Waals surface area contributed by atoms with E-state index < -0.39 is 11.6 Å². The summed E-state index contributed by atoms with van der Waals surface area (Å²) < 4.78 is 26.6. The van der Waals surface area contributed by atoms with E-state index in [1.165, 1.54) is 6.07 Å². The van der Waals surface area contributed by atoms with Crippen LogP contribution >= 0.6 is 0 Å². The van der Waals surface area contributed by atoms with Crippen molar-refractivity contribution in [1.29, 1.82) is 0 Å². The largest absolute Gasteiger partial charge is 0.357 e. The van der Waals surface area contributed by atoms with Crippen molar-refractivity contribution in [2.24, 2.45) is 4.99 Å². The van der Waals surface area contributed by atoms with Gasteiger partial charge in [-0.3, -0.25) is 0 Å². The first-order valence-corrected chi connectivity index (χ1v) is 7.01. The molecule has 0 saturated carbocycles. The lowest BCUT2D eigenvalue weighted by Gasteiger charge is -2.21. The molecule has 1 rings (SSSR count). The summed E-state index contributed by atoms with van der Waals surface area (Å²) in [6.45, 7) is 5.85. The SMILES string of the molecule is CCCCN(C)C(=NCc1cc(F)ccc1F)NCC. The molecule has 0 fully saturated rings. The Hall–Kier alpha value is -1.65. The van der Waals surface area contributed by atoms with Crippen molar-refractivity contribution < 1.29 is 8.78 Å². The maximum Gasteiger partial charge on any atom is 0.193 e. The number of hydrogen-bond acceptors (Lipinski definition) is 1. The van der Waals surface area contributed by atoms with Gasteiger partial charge in [-0.2, -0.15) is 0 Å². The quantitative estimate of drug-likeness (QED) is 0.641. The molecule has 0 amide bonds. The van der Waals surface area contributed by atoms with E-state index in [4.69, 9.17) is 0 Å². The van der Waals surface area contributed by atoms with Gasteiger partial charge in [0.05, 0.1) is 6.54 Å². The van der Waals surface area contributed by atoms with Crippen LogP contribution in [0, 0.1) is 11.6 Å². The van der Waals surface area contributed by atoms with Crippen molar-refractivity contribution >= 4 is 5.96 Å². The van der Waals surface area contributed by atoms with Crippen molar-refractivity contribution in [2.75, 3.05) is 20.1 Å². The van der Waals surface area contributed by atoms with Crippen LogP contribution in [0.15, 0.2) is 23.2 Å². The van der Waals surface area contributed by atoms with Gasteiger partial charge in [-0.15, -0.1) is 0 Å². The Morgan fingerprint density at radius 2 is 2.05 bits per heavy atom. The van der Waals surface area contributed by atoms with Gasteiger partial charge in [0, 0.05) is 25.7 Å². The Bertz CT molecular complexity index is 447. The molecular formula is C15H23F2N3. The molecule has 0 aliphatic rings. The zero-order valence-electron chi connectivity index (χ0n) is 12.4. The topological polar surface area (TPSA) is 27.6 Å². The van der Waals surface area contributed by atoms with Gasteiger partial charge in [0.2, 0.25) is 0 Å². The number of nitrogens with one attached hydrogen (secondary N) is 1. The summed E-state index contributed by atoms with van der Waals surface area (Å²) in [5, 5.41) is 3.16. The van der Waals surface area contributed by atoms with Crippen LogP contribution in [0.1, 0.15) is 32.3 Å². The van der Waals surface area contributed by atoms with Gasteiger partial charge in [-0.1, -0.05) is 13.3 Å². The van der Waals surface area contributed by atoms with Crippen molar-refractivity contribution in [1.82, 2.24) is 10.2 Å². The van der Waals surface area contributed by atoms with E-state index in [2.05, 4.69) is 17.2 Å². The molecule has 0 radical (unpaired) electrons. The third-order valence-corrected chi connectivity index (χ3v) is 2.95. The van der Waals surface area contributed by atoms with E-state index in [1.54, 1.807) is 0 Å². The van der Waals surface area contributed by atoms with Crippen LogP contribution in [-0.4, -0.2) is 31.0 Å². The van der Waals surface area contributed by atoms with Gasteiger partial charge in [-0.25, -0.2) is 13.8 Å². The summed E-state index contributed by atoms with van der Waals surface area (Å²) in [5.74, 6) is -0.159. The molecule has 0 heterocycles. The predicted molar refractivity (Wildman–Crippen MR) is 78.7 cm³/mol. The maximum absolute atomic E-state index is 13.5. The maximum atomic E-state index is 13.5. The molecule has 0 aliphatic carbocycles. The van der Waals surface area contributed by atoms with E-state index in [0.717, 1.165) is 38.1 Å². The molecule has 0 atom stereocenters. The van der Waals surface area contributed by atoms with E-state index >= 15 is 0 Å². The number of guanidine groups is 1. The average molecular weight is 283 g/mol. The molecule has 20 heavy (non-hydrogen) atoms. The van der Waals surface area contributed by atoms with Crippen molar-refractivity contribution in [2.45, 2.75) is 33.2 Å². The lowest BCUT2D eigenvalue weighted by Crippen LogP contribution is -2.39. The number of aliphatic imine (C=N–C) groups is 1. The minimum atomic E-state index is -0.444. The fourth-order valence-electron chi connectivity index (χ4n) is 1.80. The molecule has 1 aromatic carbocycles. The van der Waals surface area contributed by atoms with Crippen LogP contribution in [0.2, 0.25) is 0 Å². The van der Waals surface area contributed by atoms with Crippen molar-refractivity contribution in [3.05, 3.63) is 35.4 Å². The Morgan fingerprint density at radius 1 is 1.30 bits per heavy atom. The molecule has 0 aliphatic heterocycles. The molecule has 0 saturated heterocycles. The summed E-state index contributed by atoms with van der Waals surface area (Å²) in [4.78, 5) is 6.37. The molecular weight excluding hydrogens is 260 g/mol. The summed E-state index contributed by atoms with van der Waals surface area (Å²) in [6.07, 6.45) is 2.16. The first-order valence-electron chi connectivity index (χ1n) is 7.01. The van der Waals surface area contributed by atoms with Gasteiger partial charge in [0.25, 0.3) is 0 Å². The van der Waals surface area contributed by atoms with Crippen LogP contribution in [0.4, 0.5) is 8.78 Å². The predicted octanol–water partition coefficient (Wildman–Crippen LogP) is 3.16. The fourth-order valence-corrected chi connectivity index (χ4v) is 1.80. The molecule has 1 aromatic rings. The van der Waals surface area contributed by atoms with Gasteiger partial charge >= 0.3 is 0 Å². The zero-order chi connectivity index (χ0) is 15.0. The number of rotatable bonds is 6. The van der Waals surface area contributed by atoms with Gasteiger partial charge in [0.15, 0.2) is 5.96 Å². The van der Waals surface area contributed by atoms with Crippen LogP contribution in [-0.2, 0) is 6.54 Å². The second-order valence-corrected chi connectivity index (χ2v) is 4.68. The third kappa shape index (κ3) is 5.15. The molecule has 3 nitrogen and oxygen atoms in total. The molecule has 112 valence electrons. The minimum absolute atomic E-state index is 0.127. The molecule has 0 spiro atoms. The lowest BCUT2D eigenvalue weighted by atomic mass is 10.2. The van der Waals surface area contributed by atoms with Crippen molar-refractivity contribution in [3.63, 3.8) is 0 Å². The molecule has 0 bridgehead atoms. The standard InChI is InChI=1S/C15H23F2N3/c1-4-6-9-20(3)15(18-5-2)19-11-12-10-13(16)7-8-14(12)17/h7-8,10H,4-6,9,11H2,1-3H3,(H,18,19). The Balaban J connectivity index is 2.77. The number of benzene rings is 1.